The molecule has 2 saturated heterocycles. The highest BCUT2D eigenvalue weighted by molar-refractivity contribution is 6.05. The first-order valence-electron chi connectivity index (χ1n) is 6.71. The van der Waals surface area contributed by atoms with E-state index >= 15 is 0 Å². The van der Waals surface area contributed by atoms with Crippen molar-refractivity contribution in [1.29, 1.82) is 0 Å². The van der Waals surface area contributed by atoms with Gasteiger partial charge in [0.15, 0.2) is 0 Å². The van der Waals surface area contributed by atoms with Gasteiger partial charge in [0.2, 0.25) is 11.8 Å². The Labute approximate surface area is 113 Å². The first-order valence-corrected chi connectivity index (χ1v) is 6.71. The topological polar surface area (TPSA) is 67.9 Å². The van der Waals surface area contributed by atoms with Crippen LogP contribution >= 0.6 is 0 Å². The van der Waals surface area contributed by atoms with E-state index in [9.17, 15) is 9.59 Å². The molecule has 0 bridgehead atoms. The number of hydrogen-bond donors (Lipinski definition) is 1. The monoisotopic (exact) mass is 270 g/mol. The van der Waals surface area contributed by atoms with Crippen molar-refractivity contribution < 1.29 is 19.1 Å². The minimum atomic E-state index is -0.428. The van der Waals surface area contributed by atoms with Crippen LogP contribution < -0.4 is 5.32 Å². The number of nitrogens with zero attached hydrogens (tertiary/aromatic N) is 1. The lowest BCUT2D eigenvalue weighted by atomic mass is 10.0. The van der Waals surface area contributed by atoms with Crippen molar-refractivity contribution in [3.05, 3.63) is 0 Å². The molecule has 2 aliphatic heterocycles. The number of likely N-dealkylation sites (tertiary alicyclic amines) is 1. The van der Waals surface area contributed by atoms with Gasteiger partial charge in [0.1, 0.15) is 5.60 Å². The second-order valence-corrected chi connectivity index (χ2v) is 5.52. The van der Waals surface area contributed by atoms with E-state index in [1.807, 2.05) is 13.8 Å². The quantitative estimate of drug-likeness (QED) is 0.708. The summed E-state index contributed by atoms with van der Waals surface area (Å²) in [4.78, 5) is 25.3. The molecule has 0 aromatic heterocycles. The molecule has 0 aliphatic carbocycles. The summed E-state index contributed by atoms with van der Waals surface area (Å²) in [5.41, 5.74) is -0.366. The van der Waals surface area contributed by atoms with Crippen LogP contribution in [0.5, 0.6) is 0 Å². The van der Waals surface area contributed by atoms with Crippen LogP contribution in [0.25, 0.3) is 0 Å². The van der Waals surface area contributed by atoms with Crippen LogP contribution in [0.1, 0.15) is 26.7 Å². The van der Waals surface area contributed by atoms with Gasteiger partial charge in [-0.2, -0.15) is 0 Å². The summed E-state index contributed by atoms with van der Waals surface area (Å²) in [6, 6.07) is -0.513. The van der Waals surface area contributed by atoms with Crippen LogP contribution in [0.3, 0.4) is 0 Å². The van der Waals surface area contributed by atoms with Crippen molar-refractivity contribution in [3.8, 4) is 0 Å². The molecule has 2 rings (SSSR count). The molecular weight excluding hydrogens is 248 g/mol. The molecular formula is C13H22N2O4. The van der Waals surface area contributed by atoms with Crippen LogP contribution in [0.15, 0.2) is 0 Å². The van der Waals surface area contributed by atoms with Crippen LogP contribution in [-0.4, -0.2) is 61.3 Å². The molecule has 0 aromatic carbocycles. The van der Waals surface area contributed by atoms with Crippen molar-refractivity contribution in [3.63, 3.8) is 0 Å². The molecule has 0 spiro atoms. The van der Waals surface area contributed by atoms with Gasteiger partial charge in [-0.1, -0.05) is 0 Å². The predicted octanol–water partition coefficient (Wildman–Crippen LogP) is -0.0826. The van der Waals surface area contributed by atoms with Crippen molar-refractivity contribution in [1.82, 2.24) is 10.2 Å². The first-order chi connectivity index (χ1) is 8.99. The summed E-state index contributed by atoms with van der Waals surface area (Å²) >= 11 is 0. The second-order valence-electron chi connectivity index (χ2n) is 5.52. The number of imide groups is 1. The van der Waals surface area contributed by atoms with Crippen LogP contribution in [0.2, 0.25) is 0 Å². The molecule has 19 heavy (non-hydrogen) atoms. The van der Waals surface area contributed by atoms with Gasteiger partial charge in [-0.05, 0) is 13.8 Å². The summed E-state index contributed by atoms with van der Waals surface area (Å²) < 4.78 is 10.8. The molecule has 2 amide bonds. The fourth-order valence-corrected chi connectivity index (χ4v) is 2.62. The lowest BCUT2D eigenvalue weighted by Gasteiger charge is -2.27. The first kappa shape index (κ1) is 14.4. The Balaban J connectivity index is 1.94. The Hall–Kier alpha value is -0.980. The molecule has 2 unspecified atom stereocenters. The lowest BCUT2D eigenvalue weighted by Crippen LogP contribution is -2.49. The molecule has 0 radical (unpaired) electrons. The summed E-state index contributed by atoms with van der Waals surface area (Å²) in [6.07, 6.45) is 1.04. The van der Waals surface area contributed by atoms with Gasteiger partial charge in [0.05, 0.1) is 19.1 Å². The normalized spacial score (nSPS) is 31.8. The molecule has 2 aliphatic rings. The standard InChI is InChI=1S/C13H22N2O4/c1-9(2)15-11(16)6-10(12(15)17)14-7-13(18-3)4-5-19-8-13/h9-10,14H,4-8H2,1-3H3. The lowest BCUT2D eigenvalue weighted by molar-refractivity contribution is -0.140. The summed E-state index contributed by atoms with van der Waals surface area (Å²) in [5.74, 6) is -0.239. The van der Waals surface area contributed by atoms with E-state index in [0.29, 0.717) is 19.8 Å². The zero-order valence-electron chi connectivity index (χ0n) is 11.8. The minimum Gasteiger partial charge on any atom is -0.378 e. The molecule has 1 N–H and O–H groups in total. The number of ether oxygens (including phenoxy) is 2. The zero-order valence-corrected chi connectivity index (χ0v) is 11.8. The molecule has 108 valence electrons. The number of nitrogens with one attached hydrogen (secondary N) is 1. The number of rotatable bonds is 5. The third kappa shape index (κ3) is 2.80. The van der Waals surface area contributed by atoms with E-state index in [2.05, 4.69) is 5.32 Å². The highest BCUT2D eigenvalue weighted by Gasteiger charge is 2.42. The molecule has 6 nitrogen and oxygen atoms in total. The van der Waals surface area contributed by atoms with Gasteiger partial charge in [-0.25, -0.2) is 0 Å². The molecule has 2 atom stereocenters. The summed E-state index contributed by atoms with van der Waals surface area (Å²) in [5, 5.41) is 3.16. The third-order valence-electron chi connectivity index (χ3n) is 3.87. The minimum absolute atomic E-state index is 0.0852. The smallest absolute Gasteiger partial charge is 0.247 e. The van der Waals surface area contributed by atoms with Crippen molar-refractivity contribution >= 4 is 11.8 Å². The van der Waals surface area contributed by atoms with E-state index in [-0.39, 0.29) is 29.9 Å². The molecule has 2 fully saturated rings. The summed E-state index contributed by atoms with van der Waals surface area (Å²) in [7, 11) is 1.65. The fraction of sp³-hybridized carbons (Fsp3) is 0.846. The maximum absolute atomic E-state index is 12.1. The number of carbonyl (C=O) groups is 2. The Morgan fingerprint density at radius 2 is 2.26 bits per heavy atom. The van der Waals surface area contributed by atoms with Gasteiger partial charge in [0, 0.05) is 32.7 Å². The van der Waals surface area contributed by atoms with E-state index in [1.54, 1.807) is 7.11 Å². The van der Waals surface area contributed by atoms with Gasteiger partial charge < -0.3 is 14.8 Å². The molecule has 6 heteroatoms. The molecule has 0 aromatic rings. The Morgan fingerprint density at radius 1 is 1.53 bits per heavy atom. The highest BCUT2D eigenvalue weighted by atomic mass is 16.5. The van der Waals surface area contributed by atoms with E-state index in [4.69, 9.17) is 9.47 Å². The number of hydrogen-bond acceptors (Lipinski definition) is 5. The molecule has 0 saturated carbocycles. The van der Waals surface area contributed by atoms with Crippen molar-refractivity contribution in [2.24, 2.45) is 0 Å². The van der Waals surface area contributed by atoms with Crippen LogP contribution in [0, 0.1) is 0 Å². The Morgan fingerprint density at radius 3 is 2.74 bits per heavy atom. The zero-order chi connectivity index (χ0) is 14.0. The Bertz CT molecular complexity index is 364. The number of carbonyl (C=O) groups excluding carboxylic acids is 2. The van der Waals surface area contributed by atoms with Crippen molar-refractivity contribution in [2.45, 2.75) is 44.4 Å². The van der Waals surface area contributed by atoms with Crippen LogP contribution in [-0.2, 0) is 19.1 Å². The van der Waals surface area contributed by atoms with Crippen LogP contribution in [0.4, 0.5) is 0 Å². The van der Waals surface area contributed by atoms with E-state index < -0.39 is 6.04 Å². The van der Waals surface area contributed by atoms with Gasteiger partial charge in [0.25, 0.3) is 0 Å². The summed E-state index contributed by atoms with van der Waals surface area (Å²) in [6.45, 7) is 5.42. The average Bonchev–Trinajstić information content (AvgIpc) is 2.93. The maximum atomic E-state index is 12.1. The maximum Gasteiger partial charge on any atom is 0.247 e. The van der Waals surface area contributed by atoms with E-state index in [0.717, 1.165) is 6.42 Å². The molecule has 2 heterocycles. The fourth-order valence-electron chi connectivity index (χ4n) is 2.62. The Kier molecular flexibility index (Phi) is 4.23. The van der Waals surface area contributed by atoms with Crippen molar-refractivity contribution in [2.75, 3.05) is 26.9 Å². The second kappa shape index (κ2) is 5.56. The SMILES string of the molecule is COC1(CNC2CC(=O)N(C(C)C)C2=O)CCOC1. The van der Waals surface area contributed by atoms with Gasteiger partial charge in [-0.15, -0.1) is 0 Å². The largest absolute Gasteiger partial charge is 0.378 e. The van der Waals surface area contributed by atoms with Gasteiger partial charge >= 0.3 is 0 Å². The number of methoxy groups -OCH3 is 1. The third-order valence-corrected chi connectivity index (χ3v) is 3.87. The average molecular weight is 270 g/mol. The van der Waals surface area contributed by atoms with Gasteiger partial charge in [-0.3, -0.25) is 14.5 Å². The van der Waals surface area contributed by atoms with E-state index in [1.165, 1.54) is 4.90 Å². The number of amides is 2. The highest BCUT2D eigenvalue weighted by Crippen LogP contribution is 2.23. The predicted molar refractivity (Wildman–Crippen MR) is 68.6 cm³/mol.